The second-order valence-corrected chi connectivity index (χ2v) is 4.28. The Morgan fingerprint density at radius 2 is 1.90 bits per heavy atom. The number of methoxy groups -OCH3 is 1. The van der Waals surface area contributed by atoms with Crippen molar-refractivity contribution in [3.8, 4) is 5.75 Å². The SMILES string of the molecule is CCOC(=O)c1ccc(Cc2ccc(OC)cc2)nc1. The molecular weight excluding hydrogens is 254 g/mol. The van der Waals surface area contributed by atoms with Crippen molar-refractivity contribution in [3.63, 3.8) is 0 Å². The molecule has 0 aliphatic rings. The zero-order valence-corrected chi connectivity index (χ0v) is 11.6. The highest BCUT2D eigenvalue weighted by atomic mass is 16.5. The predicted octanol–water partition coefficient (Wildman–Crippen LogP) is 2.86. The fourth-order valence-electron chi connectivity index (χ4n) is 1.82. The first-order valence-electron chi connectivity index (χ1n) is 6.48. The maximum Gasteiger partial charge on any atom is 0.339 e. The molecule has 4 heteroatoms. The largest absolute Gasteiger partial charge is 0.497 e. The van der Waals surface area contributed by atoms with Crippen LogP contribution < -0.4 is 4.74 Å². The Balaban J connectivity index is 2.04. The Kier molecular flexibility index (Phi) is 4.71. The third-order valence-electron chi connectivity index (χ3n) is 2.88. The van der Waals surface area contributed by atoms with Crippen LogP contribution >= 0.6 is 0 Å². The molecule has 0 saturated carbocycles. The van der Waals surface area contributed by atoms with Crippen molar-refractivity contribution in [2.75, 3.05) is 13.7 Å². The van der Waals surface area contributed by atoms with Crippen LogP contribution in [0.3, 0.4) is 0 Å². The molecule has 20 heavy (non-hydrogen) atoms. The van der Waals surface area contributed by atoms with E-state index in [4.69, 9.17) is 9.47 Å². The molecular formula is C16H17NO3. The molecule has 4 nitrogen and oxygen atoms in total. The van der Waals surface area contributed by atoms with Crippen molar-refractivity contribution in [3.05, 3.63) is 59.4 Å². The van der Waals surface area contributed by atoms with Crippen LogP contribution in [0.15, 0.2) is 42.6 Å². The van der Waals surface area contributed by atoms with Crippen LogP contribution in [0.2, 0.25) is 0 Å². The van der Waals surface area contributed by atoms with E-state index >= 15 is 0 Å². The van der Waals surface area contributed by atoms with Gasteiger partial charge in [-0.1, -0.05) is 12.1 Å². The normalized spacial score (nSPS) is 10.1. The molecule has 1 aromatic heterocycles. The van der Waals surface area contributed by atoms with Gasteiger partial charge in [0.05, 0.1) is 19.3 Å². The van der Waals surface area contributed by atoms with Crippen molar-refractivity contribution < 1.29 is 14.3 Å². The van der Waals surface area contributed by atoms with E-state index in [-0.39, 0.29) is 5.97 Å². The Labute approximate surface area is 118 Å². The topological polar surface area (TPSA) is 48.4 Å². The molecule has 0 fully saturated rings. The molecule has 0 bridgehead atoms. The van der Waals surface area contributed by atoms with Gasteiger partial charge < -0.3 is 9.47 Å². The van der Waals surface area contributed by atoms with Crippen molar-refractivity contribution in [2.45, 2.75) is 13.3 Å². The number of carbonyl (C=O) groups is 1. The summed E-state index contributed by atoms with van der Waals surface area (Å²) in [6, 6.07) is 11.4. The van der Waals surface area contributed by atoms with E-state index in [0.717, 1.165) is 17.0 Å². The summed E-state index contributed by atoms with van der Waals surface area (Å²) in [6.07, 6.45) is 2.27. The first-order valence-corrected chi connectivity index (χ1v) is 6.48. The molecule has 104 valence electrons. The molecule has 2 rings (SSSR count). The lowest BCUT2D eigenvalue weighted by atomic mass is 10.1. The van der Waals surface area contributed by atoms with Crippen LogP contribution in [0.5, 0.6) is 5.75 Å². The van der Waals surface area contributed by atoms with Gasteiger partial charge in [-0.2, -0.15) is 0 Å². The fraction of sp³-hybridized carbons (Fsp3) is 0.250. The van der Waals surface area contributed by atoms with Gasteiger partial charge in [0, 0.05) is 18.3 Å². The number of nitrogens with zero attached hydrogens (tertiary/aromatic N) is 1. The van der Waals surface area contributed by atoms with E-state index in [0.29, 0.717) is 18.6 Å². The monoisotopic (exact) mass is 271 g/mol. The van der Waals surface area contributed by atoms with Crippen molar-refractivity contribution in [1.29, 1.82) is 0 Å². The summed E-state index contributed by atoms with van der Waals surface area (Å²) in [6.45, 7) is 2.15. The van der Waals surface area contributed by atoms with Gasteiger partial charge in [-0.05, 0) is 36.8 Å². The second-order valence-electron chi connectivity index (χ2n) is 4.28. The second kappa shape index (κ2) is 6.70. The zero-order chi connectivity index (χ0) is 14.4. The molecule has 0 aliphatic carbocycles. The van der Waals surface area contributed by atoms with Crippen LogP contribution in [0, 0.1) is 0 Å². The number of rotatable bonds is 5. The minimum Gasteiger partial charge on any atom is -0.497 e. The third-order valence-corrected chi connectivity index (χ3v) is 2.88. The van der Waals surface area contributed by atoms with Crippen LogP contribution in [-0.4, -0.2) is 24.7 Å². The number of hydrogen-bond donors (Lipinski definition) is 0. The lowest BCUT2D eigenvalue weighted by Crippen LogP contribution is -2.05. The highest BCUT2D eigenvalue weighted by Gasteiger charge is 2.06. The van der Waals surface area contributed by atoms with Gasteiger partial charge in [0.1, 0.15) is 5.75 Å². The minimum absolute atomic E-state index is 0.337. The minimum atomic E-state index is -0.337. The van der Waals surface area contributed by atoms with Crippen LogP contribution in [0.1, 0.15) is 28.5 Å². The molecule has 2 aromatic rings. The van der Waals surface area contributed by atoms with Gasteiger partial charge in [0.25, 0.3) is 0 Å². The quantitative estimate of drug-likeness (QED) is 0.785. The standard InChI is InChI=1S/C16H17NO3/c1-3-20-16(18)13-6-7-14(17-11-13)10-12-4-8-15(19-2)9-5-12/h4-9,11H,3,10H2,1-2H3. The number of hydrogen-bond acceptors (Lipinski definition) is 4. The summed E-state index contributed by atoms with van der Waals surface area (Å²) in [5.74, 6) is 0.496. The maximum absolute atomic E-state index is 11.5. The average Bonchev–Trinajstić information content (AvgIpc) is 2.49. The number of esters is 1. The zero-order valence-electron chi connectivity index (χ0n) is 11.6. The fourth-order valence-corrected chi connectivity index (χ4v) is 1.82. The molecule has 0 N–H and O–H groups in total. The smallest absolute Gasteiger partial charge is 0.339 e. The summed E-state index contributed by atoms with van der Waals surface area (Å²) in [4.78, 5) is 15.8. The highest BCUT2D eigenvalue weighted by molar-refractivity contribution is 5.88. The average molecular weight is 271 g/mol. The van der Waals surface area contributed by atoms with Crippen molar-refractivity contribution in [2.24, 2.45) is 0 Å². The van der Waals surface area contributed by atoms with E-state index in [1.54, 1.807) is 26.3 Å². The molecule has 0 atom stereocenters. The highest BCUT2D eigenvalue weighted by Crippen LogP contribution is 2.14. The van der Waals surface area contributed by atoms with Crippen molar-refractivity contribution in [1.82, 2.24) is 4.98 Å². The molecule has 0 radical (unpaired) electrons. The molecule has 0 amide bonds. The van der Waals surface area contributed by atoms with Crippen LogP contribution in [-0.2, 0) is 11.2 Å². The Hall–Kier alpha value is -2.36. The van der Waals surface area contributed by atoms with E-state index in [1.165, 1.54) is 0 Å². The summed E-state index contributed by atoms with van der Waals surface area (Å²) < 4.78 is 10.0. The van der Waals surface area contributed by atoms with Crippen LogP contribution in [0.4, 0.5) is 0 Å². The summed E-state index contributed by atoms with van der Waals surface area (Å²) in [7, 11) is 1.64. The van der Waals surface area contributed by atoms with Gasteiger partial charge in [0.15, 0.2) is 0 Å². The molecule has 0 saturated heterocycles. The summed E-state index contributed by atoms with van der Waals surface area (Å²) in [5.41, 5.74) is 2.52. The number of benzene rings is 1. The maximum atomic E-state index is 11.5. The number of carbonyl (C=O) groups excluding carboxylic acids is 1. The Bertz CT molecular complexity index is 561. The first-order chi connectivity index (χ1) is 9.72. The molecule has 0 spiro atoms. The molecule has 0 aliphatic heterocycles. The lowest BCUT2D eigenvalue weighted by Gasteiger charge is -2.05. The molecule has 1 heterocycles. The Morgan fingerprint density at radius 1 is 1.15 bits per heavy atom. The first kappa shape index (κ1) is 14.1. The number of ether oxygens (including phenoxy) is 2. The van der Waals surface area contributed by atoms with Gasteiger partial charge in [-0.25, -0.2) is 4.79 Å². The van der Waals surface area contributed by atoms with Gasteiger partial charge >= 0.3 is 5.97 Å². The predicted molar refractivity (Wildman–Crippen MR) is 76.0 cm³/mol. The summed E-state index contributed by atoms with van der Waals surface area (Å²) >= 11 is 0. The number of pyridine rings is 1. The van der Waals surface area contributed by atoms with E-state index < -0.39 is 0 Å². The number of aromatic nitrogens is 1. The van der Waals surface area contributed by atoms with Crippen molar-refractivity contribution >= 4 is 5.97 Å². The molecule has 0 unspecified atom stereocenters. The lowest BCUT2D eigenvalue weighted by molar-refractivity contribution is 0.0526. The summed E-state index contributed by atoms with van der Waals surface area (Å²) in [5, 5.41) is 0. The van der Waals surface area contributed by atoms with Gasteiger partial charge in [-0.15, -0.1) is 0 Å². The van der Waals surface area contributed by atoms with E-state index in [2.05, 4.69) is 4.98 Å². The Morgan fingerprint density at radius 3 is 2.45 bits per heavy atom. The van der Waals surface area contributed by atoms with E-state index in [1.807, 2.05) is 30.3 Å². The van der Waals surface area contributed by atoms with Gasteiger partial charge in [-0.3, -0.25) is 4.98 Å². The van der Waals surface area contributed by atoms with Gasteiger partial charge in [0.2, 0.25) is 0 Å². The molecule has 1 aromatic carbocycles. The van der Waals surface area contributed by atoms with Crippen LogP contribution in [0.25, 0.3) is 0 Å². The third kappa shape index (κ3) is 3.57. The van der Waals surface area contributed by atoms with E-state index in [9.17, 15) is 4.79 Å².